The Hall–Kier alpha value is -1.59. The van der Waals surface area contributed by atoms with Crippen LogP contribution in [0.3, 0.4) is 0 Å². The molecule has 2 heterocycles. The zero-order chi connectivity index (χ0) is 16.9. The van der Waals surface area contributed by atoms with Gasteiger partial charge in [0.15, 0.2) is 0 Å². The van der Waals surface area contributed by atoms with Gasteiger partial charge in [-0.3, -0.25) is 9.59 Å². The third-order valence-electron chi connectivity index (χ3n) is 5.16. The van der Waals surface area contributed by atoms with Crippen molar-refractivity contribution in [3.63, 3.8) is 0 Å². The number of amides is 2. The molecule has 1 aromatic rings. The third kappa shape index (κ3) is 4.95. The number of hydrogen-bond donors (Lipinski definition) is 2. The van der Waals surface area contributed by atoms with Crippen molar-refractivity contribution < 1.29 is 9.59 Å². The van der Waals surface area contributed by atoms with E-state index in [9.17, 15) is 9.59 Å². The largest absolute Gasteiger partial charge is 0.344 e. The van der Waals surface area contributed by atoms with Crippen LogP contribution < -0.4 is 15.5 Å². The Balaban J connectivity index is 0.00000225. The molecule has 2 N–H and O–H groups in total. The number of para-hydroxylation sites is 1. The molecule has 2 saturated heterocycles. The molecule has 0 radical (unpaired) electrons. The zero-order valence-electron chi connectivity index (χ0n) is 14.7. The number of piperidine rings is 1. The number of nitrogens with zero attached hydrogens (tertiary/aromatic N) is 1. The Kier molecular flexibility index (Phi) is 7.26. The third-order valence-corrected chi connectivity index (χ3v) is 5.16. The van der Waals surface area contributed by atoms with Crippen molar-refractivity contribution in [2.45, 2.75) is 51.1 Å². The van der Waals surface area contributed by atoms with E-state index in [1.807, 2.05) is 37.3 Å². The number of carbonyl (C=O) groups is 2. The van der Waals surface area contributed by atoms with E-state index in [2.05, 4.69) is 10.6 Å². The smallest absolute Gasteiger partial charge is 0.249 e. The Morgan fingerprint density at radius 3 is 2.60 bits per heavy atom. The van der Waals surface area contributed by atoms with Gasteiger partial charge >= 0.3 is 0 Å². The van der Waals surface area contributed by atoms with Crippen LogP contribution in [-0.4, -0.2) is 37.0 Å². The van der Waals surface area contributed by atoms with Gasteiger partial charge in [0, 0.05) is 18.2 Å². The van der Waals surface area contributed by atoms with Crippen molar-refractivity contribution in [1.29, 1.82) is 0 Å². The molecule has 2 unspecified atom stereocenters. The van der Waals surface area contributed by atoms with Crippen LogP contribution >= 0.6 is 12.4 Å². The zero-order valence-corrected chi connectivity index (χ0v) is 15.6. The van der Waals surface area contributed by atoms with Crippen LogP contribution in [0.4, 0.5) is 5.69 Å². The monoisotopic (exact) mass is 365 g/mol. The number of hydrogen-bond acceptors (Lipinski definition) is 3. The minimum atomic E-state index is -0.388. The fourth-order valence-corrected chi connectivity index (χ4v) is 3.80. The predicted octanol–water partition coefficient (Wildman–Crippen LogP) is 2.50. The molecule has 0 aliphatic carbocycles. The first-order valence-corrected chi connectivity index (χ1v) is 9.03. The van der Waals surface area contributed by atoms with Crippen LogP contribution in [0.25, 0.3) is 0 Å². The van der Waals surface area contributed by atoms with Crippen LogP contribution in [0.1, 0.15) is 39.0 Å². The molecule has 0 saturated carbocycles. The van der Waals surface area contributed by atoms with E-state index >= 15 is 0 Å². The van der Waals surface area contributed by atoms with E-state index in [0.29, 0.717) is 18.8 Å². The topological polar surface area (TPSA) is 61.4 Å². The van der Waals surface area contributed by atoms with E-state index in [-0.39, 0.29) is 36.3 Å². The second-order valence-electron chi connectivity index (χ2n) is 6.98. The minimum absolute atomic E-state index is 0. The van der Waals surface area contributed by atoms with Gasteiger partial charge in [-0.15, -0.1) is 12.4 Å². The highest BCUT2D eigenvalue weighted by Gasteiger charge is 2.38. The highest BCUT2D eigenvalue weighted by atomic mass is 35.5. The van der Waals surface area contributed by atoms with E-state index < -0.39 is 0 Å². The highest BCUT2D eigenvalue weighted by Crippen LogP contribution is 2.26. The molecule has 25 heavy (non-hydrogen) atoms. The fraction of sp³-hybridized carbons (Fsp3) is 0.579. The van der Waals surface area contributed by atoms with Gasteiger partial charge in [0.05, 0.1) is 0 Å². The Morgan fingerprint density at radius 2 is 1.92 bits per heavy atom. The summed E-state index contributed by atoms with van der Waals surface area (Å²) in [7, 11) is 0. The van der Waals surface area contributed by atoms with E-state index in [1.54, 1.807) is 4.90 Å². The lowest BCUT2D eigenvalue weighted by Gasteiger charge is -2.22. The Morgan fingerprint density at radius 1 is 1.24 bits per heavy atom. The van der Waals surface area contributed by atoms with Gasteiger partial charge in [-0.25, -0.2) is 0 Å². The maximum atomic E-state index is 12.7. The van der Waals surface area contributed by atoms with Gasteiger partial charge in [-0.2, -0.15) is 0 Å². The molecule has 0 aromatic heterocycles. The summed E-state index contributed by atoms with van der Waals surface area (Å²) in [4.78, 5) is 26.7. The van der Waals surface area contributed by atoms with Crippen molar-refractivity contribution in [2.24, 2.45) is 5.92 Å². The lowest BCUT2D eigenvalue weighted by molar-refractivity contribution is -0.126. The average Bonchev–Trinajstić information content (AvgIpc) is 2.88. The summed E-state index contributed by atoms with van der Waals surface area (Å²) in [6.07, 6.45) is 4.41. The highest BCUT2D eigenvalue weighted by molar-refractivity contribution is 6.01. The van der Waals surface area contributed by atoms with Gasteiger partial charge in [0.25, 0.3) is 0 Å². The first-order valence-electron chi connectivity index (χ1n) is 9.03. The first kappa shape index (κ1) is 19.7. The normalized spacial score (nSPS) is 24.0. The molecule has 2 fully saturated rings. The Bertz CT molecular complexity index is 575. The van der Waals surface area contributed by atoms with Crippen LogP contribution in [-0.2, 0) is 9.59 Å². The van der Waals surface area contributed by atoms with Gasteiger partial charge in [-0.1, -0.05) is 18.2 Å². The SMILES string of the molecule is CC1CC(NC(=O)CCC2CCNCC2)C(=O)N1c1ccccc1.Cl. The van der Waals surface area contributed by atoms with E-state index in [4.69, 9.17) is 0 Å². The van der Waals surface area contributed by atoms with Crippen LogP contribution in [0.5, 0.6) is 0 Å². The van der Waals surface area contributed by atoms with Crippen LogP contribution in [0.15, 0.2) is 30.3 Å². The lowest BCUT2D eigenvalue weighted by atomic mass is 9.93. The molecule has 138 valence electrons. The predicted molar refractivity (Wildman–Crippen MR) is 102 cm³/mol. The van der Waals surface area contributed by atoms with Crippen LogP contribution in [0.2, 0.25) is 0 Å². The second kappa shape index (κ2) is 9.20. The maximum Gasteiger partial charge on any atom is 0.249 e. The van der Waals surface area contributed by atoms with Crippen molar-refractivity contribution in [2.75, 3.05) is 18.0 Å². The van der Waals surface area contributed by atoms with Gasteiger partial charge < -0.3 is 15.5 Å². The van der Waals surface area contributed by atoms with Crippen molar-refractivity contribution in [1.82, 2.24) is 10.6 Å². The summed E-state index contributed by atoms with van der Waals surface area (Å²) < 4.78 is 0. The summed E-state index contributed by atoms with van der Waals surface area (Å²) in [5, 5.41) is 6.29. The minimum Gasteiger partial charge on any atom is -0.344 e. The van der Waals surface area contributed by atoms with E-state index in [0.717, 1.165) is 38.0 Å². The number of halogens is 1. The van der Waals surface area contributed by atoms with E-state index in [1.165, 1.54) is 0 Å². The number of rotatable bonds is 5. The van der Waals surface area contributed by atoms with Crippen molar-refractivity contribution >= 4 is 29.9 Å². The first-order chi connectivity index (χ1) is 11.6. The average molecular weight is 366 g/mol. The van der Waals surface area contributed by atoms with Crippen molar-refractivity contribution in [3.05, 3.63) is 30.3 Å². The fourth-order valence-electron chi connectivity index (χ4n) is 3.80. The molecule has 3 rings (SSSR count). The molecule has 2 aliphatic heterocycles. The lowest BCUT2D eigenvalue weighted by Crippen LogP contribution is -2.42. The molecule has 0 bridgehead atoms. The number of benzene rings is 1. The number of carbonyl (C=O) groups excluding carboxylic acids is 2. The molecule has 1 aromatic carbocycles. The molecule has 0 spiro atoms. The van der Waals surface area contributed by atoms with Crippen molar-refractivity contribution in [3.8, 4) is 0 Å². The second-order valence-corrected chi connectivity index (χ2v) is 6.98. The summed E-state index contributed by atoms with van der Waals surface area (Å²) in [5.74, 6) is 0.647. The van der Waals surface area contributed by atoms with Gasteiger partial charge in [0.1, 0.15) is 6.04 Å². The Labute approximate surface area is 155 Å². The maximum absolute atomic E-state index is 12.7. The summed E-state index contributed by atoms with van der Waals surface area (Å²) in [5.41, 5.74) is 0.904. The number of nitrogens with one attached hydrogen (secondary N) is 2. The molecule has 6 heteroatoms. The van der Waals surface area contributed by atoms with Crippen LogP contribution in [0, 0.1) is 5.92 Å². The standard InChI is InChI=1S/C19H27N3O2.ClH/c1-14-13-17(19(24)22(14)16-5-3-2-4-6-16)21-18(23)8-7-15-9-11-20-12-10-15;/h2-6,14-15,17,20H,7-13H2,1H3,(H,21,23);1H. The molecular formula is C19H28ClN3O2. The molecular weight excluding hydrogens is 338 g/mol. The summed E-state index contributed by atoms with van der Waals surface area (Å²) >= 11 is 0. The van der Waals surface area contributed by atoms with Gasteiger partial charge in [-0.05, 0) is 63.7 Å². The molecule has 5 nitrogen and oxygen atoms in total. The summed E-state index contributed by atoms with van der Waals surface area (Å²) in [6.45, 7) is 4.14. The number of anilines is 1. The molecule has 2 atom stereocenters. The molecule has 2 amide bonds. The molecule has 2 aliphatic rings. The summed E-state index contributed by atoms with van der Waals surface area (Å²) in [6, 6.07) is 9.40. The van der Waals surface area contributed by atoms with Gasteiger partial charge in [0.2, 0.25) is 11.8 Å². The quantitative estimate of drug-likeness (QED) is 0.842.